The van der Waals surface area contributed by atoms with E-state index in [0.717, 1.165) is 44.6 Å². The summed E-state index contributed by atoms with van der Waals surface area (Å²) < 4.78 is 7.00. The van der Waals surface area contributed by atoms with Gasteiger partial charge in [-0.3, -0.25) is 0 Å². The van der Waals surface area contributed by atoms with Crippen LogP contribution in [-0.2, 0) is 5.41 Å². The van der Waals surface area contributed by atoms with Gasteiger partial charge in [0.05, 0.1) is 5.69 Å². The van der Waals surface area contributed by atoms with Crippen LogP contribution in [0.5, 0.6) is 0 Å². The predicted octanol–water partition coefficient (Wildman–Crippen LogP) is 16.2. The maximum Gasteiger partial charge on any atom is 0.143 e. The summed E-state index contributed by atoms with van der Waals surface area (Å²) in [6.45, 7) is 4.70. The second-order valence-electron chi connectivity index (χ2n) is 16.5. The maximum absolute atomic E-state index is 7.00. The first-order valence-corrected chi connectivity index (χ1v) is 20.5. The number of hydrogen-bond acceptors (Lipinski definition) is 2. The van der Waals surface area contributed by atoms with Gasteiger partial charge in [0.2, 0.25) is 0 Å². The van der Waals surface area contributed by atoms with Crippen LogP contribution in [0.3, 0.4) is 0 Å². The van der Waals surface area contributed by atoms with Crippen LogP contribution in [-0.4, -0.2) is 0 Å². The van der Waals surface area contributed by atoms with Gasteiger partial charge in [0.25, 0.3) is 0 Å². The van der Waals surface area contributed by atoms with Crippen molar-refractivity contribution in [2.45, 2.75) is 19.3 Å². The number of furan rings is 1. The topological polar surface area (TPSA) is 16.4 Å². The SMILES string of the molecule is CC1(C)c2ccccc2-c2ccc(-c3c4ccccc4cc4c3oc3ccc(N(c5ccc(-c6ccccc6)cc5)c5cc6ccccc6c6ccccc56)cc34)cc21. The molecular formula is C57H39NO. The van der Waals surface area contributed by atoms with E-state index in [2.05, 4.69) is 219 Å². The summed E-state index contributed by atoms with van der Waals surface area (Å²) in [6.07, 6.45) is 0. The molecule has 0 amide bonds. The van der Waals surface area contributed by atoms with E-state index in [1.165, 1.54) is 71.3 Å². The summed E-state index contributed by atoms with van der Waals surface area (Å²) in [5.41, 5.74) is 15.1. The largest absolute Gasteiger partial charge is 0.455 e. The van der Waals surface area contributed by atoms with Crippen LogP contribution in [0.25, 0.3) is 87.6 Å². The highest BCUT2D eigenvalue weighted by molar-refractivity contribution is 6.20. The van der Waals surface area contributed by atoms with Crippen molar-refractivity contribution in [3.05, 3.63) is 211 Å². The standard InChI is InChI=1S/C57H39NO/c1-57(2)51-23-13-12-21-46(51)47-30-26-40(33-52(47)57)55-44-19-9-7-16-38(44)32-50-49-35-42(29-31-54(49)59-56(50)55)58(41-27-24-37(25-28-41)36-14-4-3-5-15-36)53-34-39-17-6-8-18-43(39)45-20-10-11-22-48(45)53/h3-35H,1-2H3. The molecule has 0 radical (unpaired) electrons. The lowest BCUT2D eigenvalue weighted by Crippen LogP contribution is -2.14. The van der Waals surface area contributed by atoms with E-state index >= 15 is 0 Å². The van der Waals surface area contributed by atoms with Crippen LogP contribution >= 0.6 is 0 Å². The first-order valence-electron chi connectivity index (χ1n) is 20.5. The molecular weight excluding hydrogens is 715 g/mol. The van der Waals surface area contributed by atoms with Gasteiger partial charge in [0.1, 0.15) is 11.2 Å². The molecule has 1 aromatic heterocycles. The average Bonchev–Trinajstić information content (AvgIpc) is 3.76. The van der Waals surface area contributed by atoms with Crippen molar-refractivity contribution in [3.8, 4) is 33.4 Å². The Morgan fingerprint density at radius 1 is 0.390 bits per heavy atom. The molecule has 0 aliphatic heterocycles. The molecule has 2 heteroatoms. The highest BCUT2D eigenvalue weighted by Gasteiger charge is 2.35. The number of hydrogen-bond donors (Lipinski definition) is 0. The third-order valence-electron chi connectivity index (χ3n) is 12.8. The van der Waals surface area contributed by atoms with Crippen molar-refractivity contribution in [3.63, 3.8) is 0 Å². The smallest absolute Gasteiger partial charge is 0.143 e. The third kappa shape index (κ3) is 5.13. The quantitative estimate of drug-likeness (QED) is 0.163. The van der Waals surface area contributed by atoms with Crippen LogP contribution in [0.4, 0.5) is 17.1 Å². The molecule has 1 aliphatic rings. The molecule has 10 aromatic carbocycles. The van der Waals surface area contributed by atoms with Gasteiger partial charge < -0.3 is 9.32 Å². The molecule has 0 unspecified atom stereocenters. The Hall–Kier alpha value is -7.42. The van der Waals surface area contributed by atoms with E-state index in [0.29, 0.717) is 0 Å². The summed E-state index contributed by atoms with van der Waals surface area (Å²) >= 11 is 0. The fourth-order valence-electron chi connectivity index (χ4n) is 9.93. The number of benzene rings is 10. The minimum atomic E-state index is -0.107. The molecule has 0 saturated heterocycles. The summed E-state index contributed by atoms with van der Waals surface area (Å²) in [5.74, 6) is 0. The van der Waals surface area contributed by atoms with Crippen molar-refractivity contribution < 1.29 is 4.42 Å². The Kier molecular flexibility index (Phi) is 7.31. The molecule has 0 fully saturated rings. The Labute approximate surface area is 343 Å². The molecule has 1 heterocycles. The van der Waals surface area contributed by atoms with E-state index in [9.17, 15) is 0 Å². The van der Waals surface area contributed by atoms with E-state index in [-0.39, 0.29) is 5.41 Å². The molecule has 2 nitrogen and oxygen atoms in total. The fraction of sp³-hybridized carbons (Fsp3) is 0.0526. The van der Waals surface area contributed by atoms with Crippen LogP contribution in [0.15, 0.2) is 205 Å². The number of nitrogens with zero attached hydrogens (tertiary/aromatic N) is 1. The number of anilines is 3. The van der Waals surface area contributed by atoms with Gasteiger partial charge >= 0.3 is 0 Å². The first-order chi connectivity index (χ1) is 29.0. The Balaban J connectivity index is 1.09. The van der Waals surface area contributed by atoms with E-state index in [1.54, 1.807) is 0 Å². The molecule has 59 heavy (non-hydrogen) atoms. The second-order valence-corrected chi connectivity index (χ2v) is 16.5. The number of fused-ring (bicyclic) bond motifs is 10. The Morgan fingerprint density at radius 3 is 1.81 bits per heavy atom. The Morgan fingerprint density at radius 2 is 1.00 bits per heavy atom. The molecule has 12 rings (SSSR count). The molecule has 0 bridgehead atoms. The van der Waals surface area contributed by atoms with Crippen molar-refractivity contribution in [1.29, 1.82) is 0 Å². The molecule has 0 N–H and O–H groups in total. The summed E-state index contributed by atoms with van der Waals surface area (Å²) in [6, 6.07) is 73.1. The van der Waals surface area contributed by atoms with Crippen molar-refractivity contribution in [2.75, 3.05) is 4.90 Å². The van der Waals surface area contributed by atoms with Crippen LogP contribution in [0, 0.1) is 0 Å². The first kappa shape index (κ1) is 33.7. The average molecular weight is 754 g/mol. The van der Waals surface area contributed by atoms with Gasteiger partial charge in [0, 0.05) is 38.5 Å². The molecule has 278 valence electrons. The minimum absolute atomic E-state index is 0.107. The van der Waals surface area contributed by atoms with Crippen molar-refractivity contribution in [2.24, 2.45) is 0 Å². The third-order valence-corrected chi connectivity index (χ3v) is 12.8. The molecule has 1 aliphatic carbocycles. The van der Waals surface area contributed by atoms with Gasteiger partial charge in [-0.15, -0.1) is 0 Å². The van der Waals surface area contributed by atoms with E-state index < -0.39 is 0 Å². The lowest BCUT2D eigenvalue weighted by atomic mass is 9.81. The molecule has 11 aromatic rings. The van der Waals surface area contributed by atoms with Crippen molar-refractivity contribution in [1.82, 2.24) is 0 Å². The van der Waals surface area contributed by atoms with Gasteiger partial charge in [-0.2, -0.15) is 0 Å². The van der Waals surface area contributed by atoms with Crippen LogP contribution in [0.1, 0.15) is 25.0 Å². The van der Waals surface area contributed by atoms with Crippen LogP contribution < -0.4 is 4.90 Å². The molecule has 0 saturated carbocycles. The van der Waals surface area contributed by atoms with Crippen LogP contribution in [0.2, 0.25) is 0 Å². The van der Waals surface area contributed by atoms with Gasteiger partial charge in [-0.1, -0.05) is 166 Å². The summed E-state index contributed by atoms with van der Waals surface area (Å²) in [4.78, 5) is 2.42. The number of rotatable bonds is 5. The van der Waals surface area contributed by atoms with Gasteiger partial charge in [-0.05, 0) is 114 Å². The normalized spacial score (nSPS) is 13.1. The summed E-state index contributed by atoms with van der Waals surface area (Å²) in [7, 11) is 0. The maximum atomic E-state index is 7.00. The summed E-state index contributed by atoms with van der Waals surface area (Å²) in [5, 5.41) is 9.48. The highest BCUT2D eigenvalue weighted by atomic mass is 16.3. The van der Waals surface area contributed by atoms with E-state index in [1.807, 2.05) is 0 Å². The van der Waals surface area contributed by atoms with Gasteiger partial charge in [0.15, 0.2) is 0 Å². The molecule has 0 spiro atoms. The minimum Gasteiger partial charge on any atom is -0.455 e. The predicted molar refractivity (Wildman–Crippen MR) is 249 cm³/mol. The lowest BCUT2D eigenvalue weighted by molar-refractivity contribution is 0.660. The fourth-order valence-corrected chi connectivity index (χ4v) is 9.93. The zero-order valence-electron chi connectivity index (χ0n) is 32.9. The second kappa shape index (κ2) is 12.8. The lowest BCUT2D eigenvalue weighted by Gasteiger charge is -2.28. The van der Waals surface area contributed by atoms with Gasteiger partial charge in [-0.25, -0.2) is 0 Å². The highest BCUT2D eigenvalue weighted by Crippen LogP contribution is 2.51. The molecule has 0 atom stereocenters. The van der Waals surface area contributed by atoms with E-state index in [4.69, 9.17) is 4.42 Å². The monoisotopic (exact) mass is 753 g/mol. The Bertz CT molecular complexity index is 3460. The van der Waals surface area contributed by atoms with Crippen molar-refractivity contribution >= 4 is 71.3 Å². The zero-order valence-corrected chi connectivity index (χ0v) is 32.9. The zero-order chi connectivity index (χ0) is 39.2.